The van der Waals surface area contributed by atoms with Crippen molar-refractivity contribution in [1.82, 2.24) is 0 Å². The number of carbonyl (C=O) groups is 1. The molecule has 0 saturated carbocycles. The average Bonchev–Trinajstić information content (AvgIpc) is 2.71. The largest absolute Gasteiger partial charge is 0.460 e. The summed E-state index contributed by atoms with van der Waals surface area (Å²) in [6.45, 7) is 8.21. The molecule has 0 aliphatic rings. The number of aryl methyl sites for hydroxylation is 1. The molecule has 0 fully saturated rings. The zero-order valence-electron chi connectivity index (χ0n) is 17.3. The molecule has 1 aromatic rings. The molecule has 0 atom stereocenters. The van der Waals surface area contributed by atoms with Crippen molar-refractivity contribution in [2.75, 3.05) is 0 Å². The quantitative estimate of drug-likeness (QED) is 0.141. The number of rotatable bonds is 10. The third kappa shape index (κ3) is 5.27. The monoisotopic (exact) mass is 510 g/mol. The van der Waals surface area contributed by atoms with Crippen LogP contribution in [0, 0.1) is 0 Å². The first-order valence-electron chi connectivity index (χ1n) is 9.15. The van der Waals surface area contributed by atoms with E-state index in [1.54, 1.807) is 0 Å². The van der Waals surface area contributed by atoms with Crippen molar-refractivity contribution in [3.05, 3.63) is 54.1 Å². The number of ether oxygens (including phenoxy) is 1. The normalized spacial score (nSPS) is 13.8. The Balaban J connectivity index is 3.34. The standard InChI is InChI=1S/C21H17F11O2/c1-4-7-16(33)34-15-11-12(5-2)14(10-13(15)6-3)8-9-17(22,23)18(24,25)19(26,27)20(28,29)21(30,31)32/h4-7,10-11H,2-3,8-9H2,1H3/b7-4+. The van der Waals surface area contributed by atoms with Crippen molar-refractivity contribution in [2.24, 2.45) is 0 Å². The number of esters is 1. The van der Waals surface area contributed by atoms with E-state index in [4.69, 9.17) is 4.74 Å². The van der Waals surface area contributed by atoms with Crippen molar-refractivity contribution in [1.29, 1.82) is 0 Å². The van der Waals surface area contributed by atoms with Gasteiger partial charge in [-0.15, -0.1) is 0 Å². The molecule has 0 spiro atoms. The van der Waals surface area contributed by atoms with Gasteiger partial charge in [0.05, 0.1) is 0 Å². The van der Waals surface area contributed by atoms with Crippen molar-refractivity contribution in [2.45, 2.75) is 49.6 Å². The summed E-state index contributed by atoms with van der Waals surface area (Å²) in [5, 5.41) is 0. The minimum absolute atomic E-state index is 0.0255. The fourth-order valence-electron chi connectivity index (χ4n) is 2.65. The maximum absolute atomic E-state index is 14.0. The molecule has 0 bridgehead atoms. The van der Waals surface area contributed by atoms with Crippen LogP contribution in [0.3, 0.4) is 0 Å². The predicted molar refractivity (Wildman–Crippen MR) is 101 cm³/mol. The Bertz CT molecular complexity index is 960. The van der Waals surface area contributed by atoms with Gasteiger partial charge in [-0.2, -0.15) is 48.3 Å². The molecule has 0 heterocycles. The lowest BCUT2D eigenvalue weighted by Gasteiger charge is -2.37. The molecule has 0 unspecified atom stereocenters. The van der Waals surface area contributed by atoms with Gasteiger partial charge in [-0.1, -0.05) is 31.4 Å². The van der Waals surface area contributed by atoms with Crippen LogP contribution in [0.25, 0.3) is 12.2 Å². The van der Waals surface area contributed by atoms with Crippen LogP contribution >= 0.6 is 0 Å². The van der Waals surface area contributed by atoms with E-state index in [0.717, 1.165) is 30.4 Å². The van der Waals surface area contributed by atoms with Crippen molar-refractivity contribution in [3.8, 4) is 5.75 Å². The van der Waals surface area contributed by atoms with Crippen LogP contribution in [-0.2, 0) is 11.2 Å². The summed E-state index contributed by atoms with van der Waals surface area (Å²) in [5.74, 6) is -29.0. The summed E-state index contributed by atoms with van der Waals surface area (Å²) in [6.07, 6.45) is -6.21. The van der Waals surface area contributed by atoms with Crippen LogP contribution in [0.2, 0.25) is 0 Å². The Hall–Kier alpha value is -2.86. The molecule has 1 rings (SSSR count). The second-order valence-electron chi connectivity index (χ2n) is 6.84. The number of allylic oxidation sites excluding steroid dienone is 1. The molecule has 0 saturated heterocycles. The number of benzene rings is 1. The van der Waals surface area contributed by atoms with Gasteiger partial charge >= 0.3 is 35.8 Å². The van der Waals surface area contributed by atoms with Gasteiger partial charge in [-0.25, -0.2) is 4.79 Å². The molecular formula is C21H17F11O2. The highest BCUT2D eigenvalue weighted by molar-refractivity contribution is 5.85. The Morgan fingerprint density at radius 1 is 0.853 bits per heavy atom. The first kappa shape index (κ1) is 29.2. The zero-order chi connectivity index (χ0) is 26.8. The first-order chi connectivity index (χ1) is 15.3. The molecule has 0 aliphatic carbocycles. The van der Waals surface area contributed by atoms with E-state index in [1.165, 1.54) is 13.0 Å². The van der Waals surface area contributed by atoms with Crippen LogP contribution < -0.4 is 4.74 Å². The van der Waals surface area contributed by atoms with Crippen LogP contribution in [-0.4, -0.2) is 35.8 Å². The SMILES string of the molecule is C=Cc1cc(OC(=O)/C=C/C)c(C=C)cc1CCC(F)(F)C(F)(F)C(F)(F)C(F)(F)C(F)(F)F. The Labute approximate surface area is 186 Å². The lowest BCUT2D eigenvalue weighted by Crippen LogP contribution is -2.66. The molecule has 2 nitrogen and oxygen atoms in total. The van der Waals surface area contributed by atoms with E-state index in [2.05, 4.69) is 13.2 Å². The Kier molecular flexibility index (Phi) is 8.40. The summed E-state index contributed by atoms with van der Waals surface area (Å²) in [6, 6.07) is 2.06. The summed E-state index contributed by atoms with van der Waals surface area (Å²) in [4.78, 5) is 11.6. The average molecular weight is 510 g/mol. The fourth-order valence-corrected chi connectivity index (χ4v) is 2.65. The molecule has 190 valence electrons. The maximum Gasteiger partial charge on any atom is 0.460 e. The number of hydrogen-bond acceptors (Lipinski definition) is 2. The van der Waals surface area contributed by atoms with Crippen LogP contribution in [0.1, 0.15) is 30.0 Å². The van der Waals surface area contributed by atoms with E-state index in [9.17, 15) is 53.1 Å². The lowest BCUT2D eigenvalue weighted by molar-refractivity contribution is -0.422. The third-order valence-electron chi connectivity index (χ3n) is 4.54. The summed E-state index contributed by atoms with van der Waals surface area (Å²) in [7, 11) is 0. The molecular weight excluding hydrogens is 493 g/mol. The van der Waals surface area contributed by atoms with Gasteiger partial charge in [0.1, 0.15) is 5.75 Å². The first-order valence-corrected chi connectivity index (χ1v) is 9.15. The molecule has 34 heavy (non-hydrogen) atoms. The summed E-state index contributed by atoms with van der Waals surface area (Å²) >= 11 is 0. The molecule has 0 N–H and O–H groups in total. The van der Waals surface area contributed by atoms with Crippen LogP contribution in [0.4, 0.5) is 48.3 Å². The van der Waals surface area contributed by atoms with Gasteiger partial charge in [0.15, 0.2) is 0 Å². The van der Waals surface area contributed by atoms with E-state index in [0.29, 0.717) is 0 Å². The summed E-state index contributed by atoms with van der Waals surface area (Å²) in [5.41, 5.74) is -0.389. The maximum atomic E-state index is 14.0. The lowest BCUT2D eigenvalue weighted by atomic mass is 9.92. The van der Waals surface area contributed by atoms with Gasteiger partial charge in [0.2, 0.25) is 0 Å². The van der Waals surface area contributed by atoms with E-state index >= 15 is 0 Å². The predicted octanol–water partition coefficient (Wildman–Crippen LogP) is 7.49. The smallest absolute Gasteiger partial charge is 0.423 e. The molecule has 1 aromatic carbocycles. The second-order valence-corrected chi connectivity index (χ2v) is 6.84. The topological polar surface area (TPSA) is 26.3 Å². The Morgan fingerprint density at radius 2 is 1.38 bits per heavy atom. The third-order valence-corrected chi connectivity index (χ3v) is 4.54. The summed E-state index contributed by atoms with van der Waals surface area (Å²) < 4.78 is 150. The number of carbonyl (C=O) groups excluding carboxylic acids is 1. The molecule has 13 heteroatoms. The van der Waals surface area contributed by atoms with Crippen LogP contribution in [0.5, 0.6) is 5.75 Å². The van der Waals surface area contributed by atoms with Gasteiger partial charge in [-0.3, -0.25) is 0 Å². The molecule has 0 amide bonds. The highest BCUT2D eigenvalue weighted by atomic mass is 19.4. The zero-order valence-corrected chi connectivity index (χ0v) is 17.3. The van der Waals surface area contributed by atoms with Gasteiger partial charge < -0.3 is 4.74 Å². The number of hydrogen-bond donors (Lipinski definition) is 0. The Morgan fingerprint density at radius 3 is 1.82 bits per heavy atom. The number of alkyl halides is 11. The van der Waals surface area contributed by atoms with Gasteiger partial charge in [0.25, 0.3) is 0 Å². The van der Waals surface area contributed by atoms with Gasteiger partial charge in [-0.05, 0) is 36.6 Å². The van der Waals surface area contributed by atoms with Crippen molar-refractivity contribution < 1.29 is 57.8 Å². The number of halogens is 11. The highest BCUT2D eigenvalue weighted by Gasteiger charge is 2.86. The van der Waals surface area contributed by atoms with Crippen LogP contribution in [0.15, 0.2) is 37.4 Å². The van der Waals surface area contributed by atoms with Gasteiger partial charge in [0, 0.05) is 18.1 Å². The second kappa shape index (κ2) is 9.79. The van der Waals surface area contributed by atoms with E-state index in [1.807, 2.05) is 0 Å². The van der Waals surface area contributed by atoms with E-state index in [-0.39, 0.29) is 22.4 Å². The van der Waals surface area contributed by atoms with Crippen molar-refractivity contribution >= 4 is 18.1 Å². The highest BCUT2D eigenvalue weighted by Crippen LogP contribution is 2.58. The van der Waals surface area contributed by atoms with Crippen molar-refractivity contribution in [3.63, 3.8) is 0 Å². The fraction of sp³-hybridized carbons (Fsp3) is 0.381. The minimum atomic E-state index is -7.46. The van der Waals surface area contributed by atoms with E-state index < -0.39 is 48.7 Å². The molecule has 0 radical (unpaired) electrons. The minimum Gasteiger partial charge on any atom is -0.423 e. The molecule has 0 aliphatic heterocycles. The molecule has 0 aromatic heterocycles.